The second-order valence-electron chi connectivity index (χ2n) is 11.6. The van der Waals surface area contributed by atoms with E-state index < -0.39 is 15.7 Å². The summed E-state index contributed by atoms with van der Waals surface area (Å²) >= 11 is 0. The molecule has 40 heavy (non-hydrogen) atoms. The van der Waals surface area contributed by atoms with Gasteiger partial charge in [-0.1, -0.05) is 30.3 Å². The molecule has 1 aromatic heterocycles. The molecular weight excluding hydrogens is 531 g/mol. The molecule has 2 aromatic carbocycles. The first-order valence-electron chi connectivity index (χ1n) is 13.8. The van der Waals surface area contributed by atoms with Crippen molar-refractivity contribution in [3.8, 4) is 16.9 Å². The van der Waals surface area contributed by atoms with Crippen LogP contribution in [0.1, 0.15) is 55.8 Å². The third-order valence-electron chi connectivity index (χ3n) is 8.29. The Labute approximate surface area is 234 Å². The zero-order valence-electron chi connectivity index (χ0n) is 22.6. The van der Waals surface area contributed by atoms with Crippen LogP contribution >= 0.6 is 0 Å². The number of rotatable bonds is 6. The molecule has 0 bridgehead atoms. The van der Waals surface area contributed by atoms with Crippen molar-refractivity contribution in [2.24, 2.45) is 0 Å². The average molecular weight is 565 g/mol. The lowest BCUT2D eigenvalue weighted by Gasteiger charge is -2.44. The van der Waals surface area contributed by atoms with Crippen molar-refractivity contribution in [1.82, 2.24) is 9.88 Å². The van der Waals surface area contributed by atoms with E-state index in [1.54, 1.807) is 0 Å². The van der Waals surface area contributed by atoms with Gasteiger partial charge in [-0.25, -0.2) is 17.6 Å². The molecule has 7 nitrogen and oxygen atoms in total. The molecule has 210 valence electrons. The number of amides is 1. The lowest BCUT2D eigenvalue weighted by atomic mass is 9.82. The molecule has 0 unspecified atom stereocenters. The van der Waals surface area contributed by atoms with Crippen LogP contribution in [-0.4, -0.2) is 48.7 Å². The maximum Gasteiger partial charge on any atom is 0.410 e. The Morgan fingerprint density at radius 2 is 1.70 bits per heavy atom. The number of benzene rings is 2. The minimum atomic E-state index is -3.45. The van der Waals surface area contributed by atoms with E-state index in [2.05, 4.69) is 11.1 Å². The van der Waals surface area contributed by atoms with Gasteiger partial charge in [0, 0.05) is 25.9 Å². The van der Waals surface area contributed by atoms with Crippen LogP contribution in [0.25, 0.3) is 11.1 Å². The number of hydrogen-bond acceptors (Lipinski definition) is 6. The summed E-state index contributed by atoms with van der Waals surface area (Å²) < 4.78 is 50.5. The highest BCUT2D eigenvalue weighted by Gasteiger charge is 2.45. The topological polar surface area (TPSA) is 85.8 Å². The number of ether oxygens (including phenoxy) is 2. The van der Waals surface area contributed by atoms with Crippen LogP contribution in [0, 0.1) is 5.82 Å². The number of fused-ring (bicyclic) bond motifs is 1. The number of piperidine rings is 1. The second kappa shape index (κ2) is 10.2. The molecule has 3 heterocycles. The summed E-state index contributed by atoms with van der Waals surface area (Å²) in [6.07, 6.45) is 6.11. The first-order chi connectivity index (χ1) is 19.1. The Hall–Kier alpha value is -3.46. The summed E-state index contributed by atoms with van der Waals surface area (Å²) in [6.45, 7) is 3.27. The Balaban J connectivity index is 1.07. The summed E-state index contributed by atoms with van der Waals surface area (Å²) in [5.74, 6) is 0.0604. The predicted octanol–water partition coefficient (Wildman–Crippen LogP) is 5.85. The van der Waals surface area contributed by atoms with Crippen molar-refractivity contribution in [1.29, 1.82) is 0 Å². The Kier molecular flexibility index (Phi) is 6.81. The summed E-state index contributed by atoms with van der Waals surface area (Å²) in [4.78, 5) is 18.2. The van der Waals surface area contributed by atoms with Gasteiger partial charge in [-0.3, -0.25) is 4.98 Å². The maximum absolute atomic E-state index is 13.1. The smallest absolute Gasteiger partial charge is 0.410 e. The predicted molar refractivity (Wildman–Crippen MR) is 149 cm³/mol. The monoisotopic (exact) mass is 564 g/mol. The highest BCUT2D eigenvalue weighted by molar-refractivity contribution is 7.89. The highest BCUT2D eigenvalue weighted by Crippen LogP contribution is 2.42. The van der Waals surface area contributed by atoms with Gasteiger partial charge in [0.15, 0.2) is 9.84 Å². The van der Waals surface area contributed by atoms with E-state index in [1.807, 2.05) is 48.2 Å². The van der Waals surface area contributed by atoms with Crippen molar-refractivity contribution < 1.29 is 27.1 Å². The number of carbonyl (C=O) groups excluding carboxylic acids is 1. The van der Waals surface area contributed by atoms with E-state index in [0.717, 1.165) is 67.2 Å². The molecule has 0 radical (unpaired) electrons. The summed E-state index contributed by atoms with van der Waals surface area (Å²) in [6, 6.07) is 16.4. The second-order valence-corrected chi connectivity index (χ2v) is 13.7. The van der Waals surface area contributed by atoms with Gasteiger partial charge in [-0.2, -0.15) is 0 Å². The zero-order chi connectivity index (χ0) is 28.0. The number of carbonyl (C=O) groups is 1. The quantitative estimate of drug-likeness (QED) is 0.373. The fourth-order valence-electron chi connectivity index (χ4n) is 5.52. The van der Waals surface area contributed by atoms with Gasteiger partial charge >= 0.3 is 6.09 Å². The average Bonchev–Trinajstić information content (AvgIpc) is 3.66. The highest BCUT2D eigenvalue weighted by atomic mass is 32.2. The number of aryl methyl sites for hydroxylation is 1. The van der Waals surface area contributed by atoms with Gasteiger partial charge < -0.3 is 14.4 Å². The molecule has 1 aliphatic carbocycles. The molecule has 2 aliphatic heterocycles. The van der Waals surface area contributed by atoms with E-state index in [1.165, 1.54) is 12.1 Å². The molecule has 0 atom stereocenters. The van der Waals surface area contributed by atoms with Crippen molar-refractivity contribution in [3.63, 3.8) is 0 Å². The Morgan fingerprint density at radius 1 is 0.975 bits per heavy atom. The molecule has 2 fully saturated rings. The van der Waals surface area contributed by atoms with E-state index in [4.69, 9.17) is 9.47 Å². The van der Waals surface area contributed by atoms with Gasteiger partial charge in [0.1, 0.15) is 22.8 Å². The third-order valence-corrected chi connectivity index (χ3v) is 9.80. The minimum absolute atomic E-state index is 0.110. The molecule has 1 saturated carbocycles. The van der Waals surface area contributed by atoms with Gasteiger partial charge in [0.05, 0.1) is 23.4 Å². The summed E-state index contributed by atoms with van der Waals surface area (Å²) in [5, 5.41) is 0. The van der Waals surface area contributed by atoms with E-state index >= 15 is 0 Å². The lowest BCUT2D eigenvalue weighted by Crippen LogP contribution is -2.51. The van der Waals surface area contributed by atoms with Crippen LogP contribution in [0.4, 0.5) is 9.18 Å². The summed E-state index contributed by atoms with van der Waals surface area (Å²) in [5.41, 5.74) is 3.72. The third kappa shape index (κ3) is 5.99. The van der Waals surface area contributed by atoms with Crippen LogP contribution in [-0.2, 0) is 32.5 Å². The molecule has 6 rings (SSSR count). The van der Waals surface area contributed by atoms with Gasteiger partial charge in [-0.15, -0.1) is 0 Å². The number of nitrogens with zero attached hydrogens (tertiary/aromatic N) is 2. The number of pyridine rings is 1. The lowest BCUT2D eigenvalue weighted by molar-refractivity contribution is -0.0201. The van der Waals surface area contributed by atoms with E-state index in [0.29, 0.717) is 24.3 Å². The number of likely N-dealkylation sites (tertiary alicyclic amines) is 1. The molecule has 0 N–H and O–H groups in total. The van der Waals surface area contributed by atoms with Crippen molar-refractivity contribution in [2.45, 2.75) is 68.2 Å². The van der Waals surface area contributed by atoms with Crippen LogP contribution in [0.2, 0.25) is 0 Å². The normalized spacial score (nSPS) is 19.0. The van der Waals surface area contributed by atoms with Crippen LogP contribution in [0.3, 0.4) is 0 Å². The van der Waals surface area contributed by atoms with Crippen LogP contribution < -0.4 is 4.74 Å². The van der Waals surface area contributed by atoms with Gasteiger partial charge in [-0.05, 0) is 79.1 Å². The van der Waals surface area contributed by atoms with Crippen molar-refractivity contribution >= 4 is 15.9 Å². The molecule has 1 saturated heterocycles. The molecule has 1 amide bonds. The summed E-state index contributed by atoms with van der Waals surface area (Å²) in [7, 11) is -3.45. The number of aromatic nitrogens is 1. The molecule has 3 aromatic rings. The number of halogens is 1. The first kappa shape index (κ1) is 26.7. The Bertz CT molecular complexity index is 1510. The minimum Gasteiger partial charge on any atom is -0.487 e. The molecule has 3 aliphatic rings. The van der Waals surface area contributed by atoms with E-state index in [-0.39, 0.29) is 28.8 Å². The Morgan fingerprint density at radius 3 is 2.38 bits per heavy atom. The molecule has 9 heteroatoms. The maximum atomic E-state index is 13.1. The van der Waals surface area contributed by atoms with Crippen molar-refractivity contribution in [3.05, 3.63) is 83.4 Å². The molecule has 1 spiro atoms. The van der Waals surface area contributed by atoms with Crippen LogP contribution in [0.15, 0.2) is 60.8 Å². The van der Waals surface area contributed by atoms with E-state index in [9.17, 15) is 17.6 Å². The number of hydrogen-bond donors (Lipinski definition) is 0. The number of sulfone groups is 1. The fourth-order valence-corrected chi connectivity index (χ4v) is 6.94. The fraction of sp³-hybridized carbons (Fsp3) is 0.419. The van der Waals surface area contributed by atoms with Gasteiger partial charge in [0.25, 0.3) is 0 Å². The van der Waals surface area contributed by atoms with Crippen LogP contribution in [0.5, 0.6) is 5.75 Å². The molecular formula is C31H33FN2O5S. The first-order valence-corrected chi connectivity index (χ1v) is 15.6. The zero-order valence-corrected chi connectivity index (χ0v) is 23.4. The standard InChI is InChI=1S/C31H33FN2O5S/c1-30(12-13-30)39-29(35)34-16-14-31(15-17-34)11-10-25-18-24(6-9-28(25)38-31)23-4-2-22(3-5-23)20-40(36,37)21-27-8-7-26(32)19-33-27/h2-9,18-19H,10-17,20-21H2,1H3. The van der Waals surface area contributed by atoms with Gasteiger partial charge in [0.2, 0.25) is 0 Å². The van der Waals surface area contributed by atoms with Crippen molar-refractivity contribution in [2.75, 3.05) is 13.1 Å². The largest absolute Gasteiger partial charge is 0.487 e. The SMILES string of the molecule is CC1(OC(=O)N2CCC3(CCc4cc(-c5ccc(CS(=O)(=O)Cc6ccc(F)cn6)cc5)ccc4O3)CC2)CC1.